The van der Waals surface area contributed by atoms with Crippen LogP contribution in [0.5, 0.6) is 5.75 Å². The second-order valence-corrected chi connectivity index (χ2v) is 9.45. The molecule has 0 unspecified atom stereocenters. The first-order chi connectivity index (χ1) is 14.7. The lowest BCUT2D eigenvalue weighted by molar-refractivity contribution is 0.0955. The Kier molecular flexibility index (Phi) is 6.91. The highest BCUT2D eigenvalue weighted by Crippen LogP contribution is 2.30. The summed E-state index contributed by atoms with van der Waals surface area (Å²) in [4.78, 5) is 13.8. The van der Waals surface area contributed by atoms with Gasteiger partial charge in [-0.3, -0.25) is 9.52 Å². The number of anilines is 1. The molecule has 0 saturated carbocycles. The zero-order valence-corrected chi connectivity index (χ0v) is 18.4. The summed E-state index contributed by atoms with van der Waals surface area (Å²) in [6.07, 6.45) is 0.794. The van der Waals surface area contributed by atoms with Crippen molar-refractivity contribution >= 4 is 33.0 Å². The fraction of sp³-hybridized carbons (Fsp3) is 0.190. The molecule has 0 aliphatic rings. The third kappa shape index (κ3) is 6.02. The van der Waals surface area contributed by atoms with E-state index in [1.165, 1.54) is 11.3 Å². The van der Waals surface area contributed by atoms with E-state index >= 15 is 0 Å². The molecule has 1 heterocycles. The molecule has 3 rings (SSSR count). The molecular formula is C21H20F2N2O4S2. The van der Waals surface area contributed by atoms with Crippen LogP contribution in [0.4, 0.5) is 14.5 Å². The van der Waals surface area contributed by atoms with Crippen LogP contribution >= 0.6 is 11.3 Å². The first-order valence-electron chi connectivity index (χ1n) is 9.23. The summed E-state index contributed by atoms with van der Waals surface area (Å²) in [5, 5.41) is 2.61. The summed E-state index contributed by atoms with van der Waals surface area (Å²) in [5.74, 6) is -1.79. The van der Waals surface area contributed by atoms with Gasteiger partial charge in [0.05, 0.1) is 17.7 Å². The quantitative estimate of drug-likeness (QED) is 0.516. The van der Waals surface area contributed by atoms with E-state index in [4.69, 9.17) is 4.74 Å². The van der Waals surface area contributed by atoms with E-state index in [1.54, 1.807) is 10.8 Å². The van der Waals surface area contributed by atoms with Gasteiger partial charge in [-0.15, -0.1) is 11.3 Å². The summed E-state index contributed by atoms with van der Waals surface area (Å²) in [6.45, 7) is 2.32. The monoisotopic (exact) mass is 466 g/mol. The van der Waals surface area contributed by atoms with Gasteiger partial charge >= 0.3 is 0 Å². The highest BCUT2D eigenvalue weighted by molar-refractivity contribution is 7.92. The molecule has 3 aromatic rings. The topological polar surface area (TPSA) is 84.5 Å². The molecule has 0 bridgehead atoms. The van der Waals surface area contributed by atoms with E-state index in [2.05, 4.69) is 5.32 Å². The van der Waals surface area contributed by atoms with Crippen LogP contribution in [0.15, 0.2) is 48.5 Å². The average Bonchev–Trinajstić information content (AvgIpc) is 3.19. The van der Waals surface area contributed by atoms with Gasteiger partial charge in [0.15, 0.2) is 11.6 Å². The summed E-state index contributed by atoms with van der Waals surface area (Å²) >= 11 is 1.28. The third-order valence-corrected chi connectivity index (χ3v) is 5.81. The molecule has 0 aliphatic heterocycles. The van der Waals surface area contributed by atoms with Crippen molar-refractivity contribution in [2.45, 2.75) is 13.5 Å². The Labute approximate surface area is 182 Å². The second kappa shape index (κ2) is 9.44. The largest absolute Gasteiger partial charge is 0.494 e. The fourth-order valence-electron chi connectivity index (χ4n) is 2.80. The van der Waals surface area contributed by atoms with Crippen molar-refractivity contribution in [2.75, 3.05) is 17.6 Å². The number of carbonyl (C=O) groups is 1. The highest BCUT2D eigenvalue weighted by atomic mass is 32.2. The lowest BCUT2D eigenvalue weighted by Crippen LogP contribution is -2.22. The maximum Gasteiger partial charge on any atom is 0.261 e. The Hall–Kier alpha value is -2.98. The zero-order chi connectivity index (χ0) is 22.6. The number of rotatable bonds is 8. The van der Waals surface area contributed by atoms with Crippen molar-refractivity contribution in [3.8, 4) is 16.2 Å². The number of sulfonamides is 1. The molecule has 6 nitrogen and oxygen atoms in total. The maximum absolute atomic E-state index is 14.1. The van der Waals surface area contributed by atoms with Crippen molar-refractivity contribution in [2.24, 2.45) is 0 Å². The van der Waals surface area contributed by atoms with E-state index < -0.39 is 33.3 Å². The molecule has 1 amide bonds. The fourth-order valence-corrected chi connectivity index (χ4v) is 4.29. The molecular weight excluding hydrogens is 446 g/mol. The molecule has 0 fully saturated rings. The Morgan fingerprint density at radius 3 is 2.45 bits per heavy atom. The Morgan fingerprint density at radius 2 is 1.81 bits per heavy atom. The molecule has 10 heteroatoms. The number of amides is 1. The predicted octanol–water partition coefficient (Wildman–Crippen LogP) is 4.39. The van der Waals surface area contributed by atoms with Crippen LogP contribution < -0.4 is 14.8 Å². The number of benzene rings is 2. The minimum absolute atomic E-state index is 0.126. The van der Waals surface area contributed by atoms with Gasteiger partial charge in [-0.1, -0.05) is 12.1 Å². The van der Waals surface area contributed by atoms with Gasteiger partial charge < -0.3 is 10.1 Å². The van der Waals surface area contributed by atoms with E-state index in [-0.39, 0.29) is 12.1 Å². The van der Waals surface area contributed by atoms with Crippen LogP contribution in [0.2, 0.25) is 0 Å². The molecule has 0 radical (unpaired) electrons. The van der Waals surface area contributed by atoms with Gasteiger partial charge in [0.25, 0.3) is 5.91 Å². The Morgan fingerprint density at radius 1 is 1.10 bits per heavy atom. The number of carbonyl (C=O) groups excluding carboxylic acids is 1. The minimum atomic E-state index is -3.83. The van der Waals surface area contributed by atoms with Crippen molar-refractivity contribution in [1.82, 2.24) is 5.32 Å². The Balaban J connectivity index is 1.69. The van der Waals surface area contributed by atoms with Crippen LogP contribution in [0, 0.1) is 11.6 Å². The van der Waals surface area contributed by atoms with Crippen LogP contribution in [0.3, 0.4) is 0 Å². The van der Waals surface area contributed by atoms with Gasteiger partial charge in [0, 0.05) is 11.4 Å². The lowest BCUT2D eigenvalue weighted by Gasteiger charge is -2.10. The van der Waals surface area contributed by atoms with Gasteiger partial charge in [-0.25, -0.2) is 17.2 Å². The normalized spacial score (nSPS) is 11.2. The van der Waals surface area contributed by atoms with Gasteiger partial charge in [-0.2, -0.15) is 0 Å². The van der Waals surface area contributed by atoms with Crippen molar-refractivity contribution < 1.29 is 26.7 Å². The molecule has 2 N–H and O–H groups in total. The van der Waals surface area contributed by atoms with Crippen LogP contribution in [-0.2, 0) is 16.6 Å². The molecule has 0 spiro atoms. The second-order valence-electron chi connectivity index (χ2n) is 6.62. The van der Waals surface area contributed by atoms with Gasteiger partial charge in [0.2, 0.25) is 10.0 Å². The van der Waals surface area contributed by atoms with Gasteiger partial charge in [-0.05, 0) is 54.4 Å². The third-order valence-electron chi connectivity index (χ3n) is 4.10. The molecule has 0 atom stereocenters. The lowest BCUT2D eigenvalue weighted by atomic mass is 10.2. The number of nitrogens with one attached hydrogen (secondary N) is 2. The van der Waals surface area contributed by atoms with Gasteiger partial charge in [0.1, 0.15) is 11.4 Å². The SMILES string of the molecule is CCOc1cccc(-c2ccc(C(=O)NCc3cc(F)c(NS(C)(=O)=O)c(F)c3)s2)c1. The maximum atomic E-state index is 14.1. The minimum Gasteiger partial charge on any atom is -0.494 e. The summed E-state index contributed by atoms with van der Waals surface area (Å²) in [7, 11) is -3.83. The smallest absolute Gasteiger partial charge is 0.261 e. The van der Waals surface area contributed by atoms with Crippen LogP contribution in [-0.4, -0.2) is 27.2 Å². The average molecular weight is 467 g/mol. The van der Waals surface area contributed by atoms with Crippen LogP contribution in [0.25, 0.3) is 10.4 Å². The van der Waals surface area contributed by atoms with Crippen molar-refractivity contribution in [1.29, 1.82) is 0 Å². The molecule has 164 valence electrons. The number of halogens is 2. The highest BCUT2D eigenvalue weighted by Gasteiger charge is 2.16. The molecule has 0 aliphatic carbocycles. The number of thiophene rings is 1. The van der Waals surface area contributed by atoms with Crippen molar-refractivity contribution in [3.63, 3.8) is 0 Å². The summed E-state index contributed by atoms with van der Waals surface area (Å²) in [5.41, 5.74) is 0.312. The van der Waals surface area contributed by atoms with E-state index in [0.717, 1.165) is 34.6 Å². The first kappa shape index (κ1) is 22.7. The van der Waals surface area contributed by atoms with Crippen molar-refractivity contribution in [3.05, 3.63) is 70.6 Å². The molecule has 31 heavy (non-hydrogen) atoms. The number of hydrogen-bond acceptors (Lipinski definition) is 5. The number of ether oxygens (including phenoxy) is 1. The van der Waals surface area contributed by atoms with E-state index in [9.17, 15) is 22.0 Å². The summed E-state index contributed by atoms with van der Waals surface area (Å²) in [6, 6.07) is 12.9. The van der Waals surface area contributed by atoms with E-state index in [1.807, 2.05) is 37.3 Å². The first-order valence-corrected chi connectivity index (χ1v) is 11.9. The Bertz CT molecular complexity index is 1190. The number of hydrogen-bond donors (Lipinski definition) is 2. The molecule has 2 aromatic carbocycles. The van der Waals surface area contributed by atoms with E-state index in [0.29, 0.717) is 11.5 Å². The molecule has 0 saturated heterocycles. The molecule has 1 aromatic heterocycles. The summed E-state index contributed by atoms with van der Waals surface area (Å²) < 4.78 is 57.9. The predicted molar refractivity (Wildman–Crippen MR) is 117 cm³/mol. The van der Waals surface area contributed by atoms with Crippen LogP contribution in [0.1, 0.15) is 22.2 Å². The zero-order valence-electron chi connectivity index (χ0n) is 16.7. The standard InChI is InChI=1S/C21H20F2N2O4S2/c1-3-29-15-6-4-5-14(11-15)18-7-8-19(30-18)21(26)24-12-13-9-16(22)20(17(23)10-13)25-31(2,27)28/h4-11,25H,3,12H2,1-2H3,(H,24,26).